The Kier molecular flexibility index (Phi) is 4.72. The number of hydrogen-bond donors (Lipinski definition) is 0. The minimum atomic E-state index is -0.555. The number of aromatic nitrogens is 3. The van der Waals surface area contributed by atoms with Crippen molar-refractivity contribution in [2.45, 2.75) is 6.61 Å². The number of methoxy groups -OCH3 is 1. The summed E-state index contributed by atoms with van der Waals surface area (Å²) >= 11 is 5.67. The molecule has 0 unspecified atom stereocenters. The Bertz CT molecular complexity index is 849. The molecule has 3 rings (SSSR count). The van der Waals surface area contributed by atoms with Gasteiger partial charge in [0.2, 0.25) is 5.82 Å². The SMILES string of the molecule is COc1cccc(-c2noc(COC(=O)c3ccc(Cl)nc3)n2)c1. The molecule has 0 spiro atoms. The molecule has 0 aliphatic carbocycles. The van der Waals surface area contributed by atoms with Crippen LogP contribution in [-0.2, 0) is 11.3 Å². The summed E-state index contributed by atoms with van der Waals surface area (Å²) in [6, 6.07) is 10.3. The van der Waals surface area contributed by atoms with Crippen LogP contribution in [0.25, 0.3) is 11.4 Å². The Morgan fingerprint density at radius 3 is 2.92 bits per heavy atom. The molecule has 2 heterocycles. The van der Waals surface area contributed by atoms with Gasteiger partial charge < -0.3 is 14.0 Å². The summed E-state index contributed by atoms with van der Waals surface area (Å²) < 4.78 is 15.3. The maximum absolute atomic E-state index is 11.9. The van der Waals surface area contributed by atoms with Crippen LogP contribution in [-0.4, -0.2) is 28.2 Å². The van der Waals surface area contributed by atoms with E-state index >= 15 is 0 Å². The van der Waals surface area contributed by atoms with E-state index in [1.165, 1.54) is 18.3 Å². The van der Waals surface area contributed by atoms with E-state index < -0.39 is 5.97 Å². The van der Waals surface area contributed by atoms with Crippen molar-refractivity contribution in [3.8, 4) is 17.1 Å². The number of halogens is 1. The van der Waals surface area contributed by atoms with E-state index in [4.69, 9.17) is 25.6 Å². The van der Waals surface area contributed by atoms with Crippen molar-refractivity contribution >= 4 is 17.6 Å². The number of hydrogen-bond acceptors (Lipinski definition) is 7. The quantitative estimate of drug-likeness (QED) is 0.518. The lowest BCUT2D eigenvalue weighted by molar-refractivity contribution is 0.0429. The normalized spacial score (nSPS) is 10.4. The number of carbonyl (C=O) groups is 1. The van der Waals surface area contributed by atoms with Crippen LogP contribution in [0.15, 0.2) is 47.1 Å². The number of ether oxygens (including phenoxy) is 2. The van der Waals surface area contributed by atoms with Crippen LogP contribution in [0, 0.1) is 0 Å². The predicted octanol–water partition coefficient (Wildman–Crippen LogP) is 3.15. The van der Waals surface area contributed by atoms with Gasteiger partial charge in [0.25, 0.3) is 5.89 Å². The molecular formula is C16H12ClN3O4. The van der Waals surface area contributed by atoms with E-state index in [0.29, 0.717) is 16.7 Å². The van der Waals surface area contributed by atoms with Gasteiger partial charge in [-0.1, -0.05) is 28.9 Å². The zero-order valence-corrected chi connectivity index (χ0v) is 13.4. The molecule has 3 aromatic rings. The van der Waals surface area contributed by atoms with Crippen molar-refractivity contribution in [1.82, 2.24) is 15.1 Å². The monoisotopic (exact) mass is 345 g/mol. The summed E-state index contributed by atoms with van der Waals surface area (Å²) in [5.41, 5.74) is 1.02. The van der Waals surface area contributed by atoms with E-state index in [1.807, 2.05) is 18.2 Å². The standard InChI is InChI=1S/C16H12ClN3O4/c1-22-12-4-2-3-10(7-12)15-19-14(24-20-15)9-23-16(21)11-5-6-13(17)18-8-11/h2-8H,9H2,1H3. The Morgan fingerprint density at radius 2 is 2.17 bits per heavy atom. The van der Waals surface area contributed by atoms with Crippen molar-refractivity contribution < 1.29 is 18.8 Å². The topological polar surface area (TPSA) is 87.3 Å². The lowest BCUT2D eigenvalue weighted by Crippen LogP contribution is -2.05. The first-order valence-corrected chi connectivity index (χ1v) is 7.29. The number of carbonyl (C=O) groups excluding carboxylic acids is 1. The molecule has 0 fully saturated rings. The second kappa shape index (κ2) is 7.10. The van der Waals surface area contributed by atoms with Gasteiger partial charge in [0.1, 0.15) is 10.9 Å². The zero-order valence-electron chi connectivity index (χ0n) is 12.6. The van der Waals surface area contributed by atoms with Gasteiger partial charge in [0.05, 0.1) is 12.7 Å². The number of esters is 1. The molecule has 122 valence electrons. The van der Waals surface area contributed by atoms with Crippen LogP contribution in [0.3, 0.4) is 0 Å². The van der Waals surface area contributed by atoms with Gasteiger partial charge in [-0.15, -0.1) is 0 Å². The van der Waals surface area contributed by atoms with Gasteiger partial charge in [0, 0.05) is 11.8 Å². The van der Waals surface area contributed by atoms with E-state index in [9.17, 15) is 4.79 Å². The molecule has 0 amide bonds. The van der Waals surface area contributed by atoms with Crippen LogP contribution in [0.1, 0.15) is 16.2 Å². The van der Waals surface area contributed by atoms with Crippen LogP contribution < -0.4 is 4.74 Å². The van der Waals surface area contributed by atoms with Gasteiger partial charge in [0.15, 0.2) is 6.61 Å². The van der Waals surface area contributed by atoms with E-state index in [-0.39, 0.29) is 18.1 Å². The Labute approximate surface area is 142 Å². The molecular weight excluding hydrogens is 334 g/mol. The van der Waals surface area contributed by atoms with Crippen LogP contribution in [0.4, 0.5) is 0 Å². The van der Waals surface area contributed by atoms with Crippen molar-refractivity contribution in [3.63, 3.8) is 0 Å². The predicted molar refractivity (Wildman–Crippen MR) is 84.7 cm³/mol. The highest BCUT2D eigenvalue weighted by Crippen LogP contribution is 2.21. The Morgan fingerprint density at radius 1 is 1.29 bits per heavy atom. The number of pyridine rings is 1. The molecule has 7 nitrogen and oxygen atoms in total. The van der Waals surface area contributed by atoms with Gasteiger partial charge in [-0.05, 0) is 24.3 Å². The highest BCUT2D eigenvalue weighted by atomic mass is 35.5. The lowest BCUT2D eigenvalue weighted by atomic mass is 10.2. The molecule has 8 heteroatoms. The summed E-state index contributed by atoms with van der Waals surface area (Å²) in [6.07, 6.45) is 1.33. The molecule has 0 saturated heterocycles. The molecule has 0 radical (unpaired) electrons. The zero-order chi connectivity index (χ0) is 16.9. The summed E-state index contributed by atoms with van der Waals surface area (Å²) in [5.74, 6) is 0.692. The van der Waals surface area contributed by atoms with Gasteiger partial charge in [-0.3, -0.25) is 0 Å². The fourth-order valence-electron chi connectivity index (χ4n) is 1.90. The fourth-order valence-corrected chi connectivity index (χ4v) is 2.01. The smallest absolute Gasteiger partial charge is 0.340 e. The Balaban J connectivity index is 1.65. The van der Waals surface area contributed by atoms with Gasteiger partial charge in [-0.2, -0.15) is 4.98 Å². The molecule has 2 aromatic heterocycles. The molecule has 1 aromatic carbocycles. The third kappa shape index (κ3) is 3.69. The maximum atomic E-state index is 11.9. The molecule has 0 saturated carbocycles. The molecule has 0 aliphatic rings. The van der Waals surface area contributed by atoms with E-state index in [0.717, 1.165) is 5.56 Å². The summed E-state index contributed by atoms with van der Waals surface area (Å²) in [7, 11) is 1.58. The molecule has 24 heavy (non-hydrogen) atoms. The minimum absolute atomic E-state index is 0.140. The van der Waals surface area contributed by atoms with E-state index in [1.54, 1.807) is 13.2 Å². The van der Waals surface area contributed by atoms with Crippen molar-refractivity contribution in [2.75, 3.05) is 7.11 Å². The van der Waals surface area contributed by atoms with Crippen LogP contribution in [0.2, 0.25) is 5.15 Å². The van der Waals surface area contributed by atoms with Crippen molar-refractivity contribution in [2.24, 2.45) is 0 Å². The minimum Gasteiger partial charge on any atom is -0.497 e. The van der Waals surface area contributed by atoms with Crippen molar-refractivity contribution in [3.05, 3.63) is 59.2 Å². The third-order valence-electron chi connectivity index (χ3n) is 3.09. The molecule has 0 N–H and O–H groups in total. The largest absolute Gasteiger partial charge is 0.497 e. The summed E-state index contributed by atoms with van der Waals surface area (Å²) in [4.78, 5) is 19.9. The summed E-state index contributed by atoms with van der Waals surface area (Å²) in [5, 5.41) is 4.16. The second-order valence-electron chi connectivity index (χ2n) is 4.69. The van der Waals surface area contributed by atoms with Gasteiger partial charge in [-0.25, -0.2) is 9.78 Å². The number of rotatable bonds is 5. The summed E-state index contributed by atoms with van der Waals surface area (Å²) in [6.45, 7) is -0.140. The first-order chi connectivity index (χ1) is 11.7. The highest BCUT2D eigenvalue weighted by molar-refractivity contribution is 6.29. The molecule has 0 aliphatic heterocycles. The maximum Gasteiger partial charge on any atom is 0.340 e. The fraction of sp³-hybridized carbons (Fsp3) is 0.125. The Hall–Kier alpha value is -2.93. The second-order valence-corrected chi connectivity index (χ2v) is 5.08. The van der Waals surface area contributed by atoms with Crippen molar-refractivity contribution in [1.29, 1.82) is 0 Å². The molecule has 0 bridgehead atoms. The van der Waals surface area contributed by atoms with Crippen LogP contribution >= 0.6 is 11.6 Å². The van der Waals surface area contributed by atoms with Gasteiger partial charge >= 0.3 is 5.97 Å². The number of benzene rings is 1. The van der Waals surface area contributed by atoms with E-state index in [2.05, 4.69) is 15.1 Å². The average molecular weight is 346 g/mol. The third-order valence-corrected chi connectivity index (χ3v) is 3.31. The number of nitrogens with zero attached hydrogens (tertiary/aromatic N) is 3. The molecule has 0 atom stereocenters. The highest BCUT2D eigenvalue weighted by Gasteiger charge is 2.13. The average Bonchev–Trinajstić information content (AvgIpc) is 3.09. The first-order valence-electron chi connectivity index (χ1n) is 6.91. The first kappa shape index (κ1) is 15.9. The lowest BCUT2D eigenvalue weighted by Gasteiger charge is -2.01. The van der Waals surface area contributed by atoms with Crippen LogP contribution in [0.5, 0.6) is 5.75 Å².